The van der Waals surface area contributed by atoms with Crippen LogP contribution >= 0.6 is 12.4 Å². The number of rotatable bonds is 4. The Labute approximate surface area is 101 Å². The first-order chi connectivity index (χ1) is 7.02. The highest BCUT2D eigenvalue weighted by molar-refractivity contribution is 5.85. The summed E-state index contributed by atoms with van der Waals surface area (Å²) in [6, 6.07) is 4.85. The van der Waals surface area contributed by atoms with Crippen molar-refractivity contribution >= 4 is 24.0 Å². The Morgan fingerprint density at radius 2 is 2.06 bits per heavy atom. The number of anilines is 1. The van der Waals surface area contributed by atoms with Crippen molar-refractivity contribution in [1.82, 2.24) is 0 Å². The van der Waals surface area contributed by atoms with E-state index in [1.807, 2.05) is 0 Å². The monoisotopic (exact) mass is 246 g/mol. The largest absolute Gasteiger partial charge is 0.375 e. The first kappa shape index (κ1) is 14.7. The molecule has 0 fully saturated rings. The predicted octanol–water partition coefficient (Wildman–Crippen LogP) is 1.73. The number of carbonyl (C=O) groups is 1. The van der Waals surface area contributed by atoms with Gasteiger partial charge in [-0.1, -0.05) is 12.1 Å². The normalized spacial score (nSPS) is 9.44. The van der Waals surface area contributed by atoms with Gasteiger partial charge in [0, 0.05) is 20.5 Å². The fourth-order valence-corrected chi connectivity index (χ4v) is 1.52. The summed E-state index contributed by atoms with van der Waals surface area (Å²) in [6.45, 7) is 0. The molecule has 0 heterocycles. The Hall–Kier alpha value is -1.29. The number of primary amides is 1. The summed E-state index contributed by atoms with van der Waals surface area (Å²) in [5.74, 6) is -0.647. The van der Waals surface area contributed by atoms with Gasteiger partial charge in [-0.15, -0.1) is 12.4 Å². The number of aryl methyl sites for hydroxylation is 1. The SMILES string of the molecule is CN(C)c1c(F)cccc1CCC(N)=O.Cl. The number of nitrogens with zero attached hydrogens (tertiary/aromatic N) is 1. The summed E-state index contributed by atoms with van der Waals surface area (Å²) >= 11 is 0. The second-order valence-electron chi connectivity index (χ2n) is 3.61. The lowest BCUT2D eigenvalue weighted by atomic mass is 10.1. The van der Waals surface area contributed by atoms with E-state index < -0.39 is 0 Å². The van der Waals surface area contributed by atoms with E-state index in [9.17, 15) is 9.18 Å². The van der Waals surface area contributed by atoms with E-state index in [0.717, 1.165) is 5.56 Å². The smallest absolute Gasteiger partial charge is 0.217 e. The molecule has 0 unspecified atom stereocenters. The molecule has 1 aromatic carbocycles. The predicted molar refractivity (Wildman–Crippen MR) is 65.5 cm³/mol. The Morgan fingerprint density at radius 1 is 1.44 bits per heavy atom. The highest BCUT2D eigenvalue weighted by atomic mass is 35.5. The zero-order chi connectivity index (χ0) is 11.4. The number of nitrogens with two attached hydrogens (primary N) is 1. The van der Waals surface area contributed by atoms with Gasteiger partial charge in [-0.3, -0.25) is 4.79 Å². The lowest BCUT2D eigenvalue weighted by Gasteiger charge is -2.17. The lowest BCUT2D eigenvalue weighted by molar-refractivity contribution is -0.117. The summed E-state index contributed by atoms with van der Waals surface area (Å²) in [4.78, 5) is 12.4. The maximum absolute atomic E-state index is 13.5. The van der Waals surface area contributed by atoms with Crippen LogP contribution < -0.4 is 10.6 Å². The number of benzene rings is 1. The number of halogens is 2. The molecule has 90 valence electrons. The molecule has 0 spiro atoms. The fraction of sp³-hybridized carbons (Fsp3) is 0.364. The molecule has 0 saturated heterocycles. The molecule has 0 atom stereocenters. The third kappa shape index (κ3) is 3.70. The molecule has 0 aliphatic carbocycles. The molecule has 0 aliphatic rings. The third-order valence-corrected chi connectivity index (χ3v) is 2.16. The van der Waals surface area contributed by atoms with Crippen LogP contribution in [-0.2, 0) is 11.2 Å². The van der Waals surface area contributed by atoms with Gasteiger partial charge in [0.1, 0.15) is 5.82 Å². The van der Waals surface area contributed by atoms with E-state index in [2.05, 4.69) is 0 Å². The Bertz CT molecular complexity index is 369. The van der Waals surface area contributed by atoms with Gasteiger partial charge in [-0.2, -0.15) is 0 Å². The molecule has 0 aromatic heterocycles. The van der Waals surface area contributed by atoms with Gasteiger partial charge in [0.2, 0.25) is 5.91 Å². The zero-order valence-corrected chi connectivity index (χ0v) is 10.2. The molecule has 1 aromatic rings. The maximum atomic E-state index is 13.5. The van der Waals surface area contributed by atoms with Crippen LogP contribution in [0.1, 0.15) is 12.0 Å². The molecule has 0 aliphatic heterocycles. The van der Waals surface area contributed by atoms with Gasteiger partial charge in [0.15, 0.2) is 0 Å². The third-order valence-electron chi connectivity index (χ3n) is 2.16. The Balaban J connectivity index is 0.00000225. The van der Waals surface area contributed by atoms with Crippen molar-refractivity contribution in [2.45, 2.75) is 12.8 Å². The molecule has 0 saturated carbocycles. The Morgan fingerprint density at radius 3 is 2.56 bits per heavy atom. The van der Waals surface area contributed by atoms with Crippen molar-refractivity contribution in [3.63, 3.8) is 0 Å². The standard InChI is InChI=1S/C11H15FN2O.ClH/c1-14(2)11-8(6-7-10(13)15)4-3-5-9(11)12;/h3-5H,6-7H2,1-2H3,(H2,13,15);1H. The lowest BCUT2D eigenvalue weighted by Crippen LogP contribution is -2.16. The number of hydrogen-bond acceptors (Lipinski definition) is 2. The molecule has 1 amide bonds. The highest BCUT2D eigenvalue weighted by Crippen LogP contribution is 2.23. The number of carbonyl (C=O) groups excluding carboxylic acids is 1. The van der Waals surface area contributed by atoms with E-state index in [-0.39, 0.29) is 30.6 Å². The van der Waals surface area contributed by atoms with Crippen LogP contribution in [0.2, 0.25) is 0 Å². The Kier molecular flexibility index (Phi) is 5.82. The topological polar surface area (TPSA) is 46.3 Å². The molecule has 0 radical (unpaired) electrons. The second kappa shape index (κ2) is 6.33. The number of hydrogen-bond donors (Lipinski definition) is 1. The number of amides is 1. The number of para-hydroxylation sites is 1. The minimum absolute atomic E-state index is 0. The molecule has 1 rings (SSSR count). The van der Waals surface area contributed by atoms with Gasteiger partial charge in [0.25, 0.3) is 0 Å². The van der Waals surface area contributed by atoms with Crippen LogP contribution in [0.3, 0.4) is 0 Å². The van der Waals surface area contributed by atoms with Crippen LogP contribution in [0.5, 0.6) is 0 Å². The van der Waals surface area contributed by atoms with E-state index in [0.29, 0.717) is 12.1 Å². The zero-order valence-electron chi connectivity index (χ0n) is 9.37. The van der Waals surface area contributed by atoms with Gasteiger partial charge >= 0.3 is 0 Å². The van der Waals surface area contributed by atoms with E-state index in [1.165, 1.54) is 6.07 Å². The minimum Gasteiger partial charge on any atom is -0.375 e. The summed E-state index contributed by atoms with van der Waals surface area (Å²) < 4.78 is 13.5. The van der Waals surface area contributed by atoms with E-state index in [1.54, 1.807) is 31.1 Å². The van der Waals surface area contributed by atoms with Crippen LogP contribution in [0, 0.1) is 5.82 Å². The van der Waals surface area contributed by atoms with Crippen molar-refractivity contribution in [3.05, 3.63) is 29.6 Å². The van der Waals surface area contributed by atoms with Crippen molar-refractivity contribution in [1.29, 1.82) is 0 Å². The maximum Gasteiger partial charge on any atom is 0.217 e. The minimum atomic E-state index is -0.371. The van der Waals surface area contributed by atoms with Crippen molar-refractivity contribution < 1.29 is 9.18 Å². The van der Waals surface area contributed by atoms with Crippen LogP contribution in [0.25, 0.3) is 0 Å². The molecule has 5 heteroatoms. The highest BCUT2D eigenvalue weighted by Gasteiger charge is 2.10. The molecular weight excluding hydrogens is 231 g/mol. The van der Waals surface area contributed by atoms with Crippen molar-refractivity contribution in [3.8, 4) is 0 Å². The molecule has 0 bridgehead atoms. The summed E-state index contributed by atoms with van der Waals surface area (Å²) in [5, 5.41) is 0. The van der Waals surface area contributed by atoms with Gasteiger partial charge < -0.3 is 10.6 Å². The van der Waals surface area contributed by atoms with Crippen LogP contribution in [0.4, 0.5) is 10.1 Å². The van der Waals surface area contributed by atoms with Crippen molar-refractivity contribution in [2.24, 2.45) is 5.73 Å². The summed E-state index contributed by atoms with van der Waals surface area (Å²) in [7, 11) is 3.54. The van der Waals surface area contributed by atoms with Gasteiger partial charge in [0.05, 0.1) is 5.69 Å². The first-order valence-electron chi connectivity index (χ1n) is 4.75. The fourth-order valence-electron chi connectivity index (χ4n) is 1.52. The van der Waals surface area contributed by atoms with Crippen LogP contribution in [0.15, 0.2) is 18.2 Å². The summed E-state index contributed by atoms with van der Waals surface area (Å²) in [6.07, 6.45) is 0.713. The average molecular weight is 247 g/mol. The van der Waals surface area contributed by atoms with Crippen LogP contribution in [-0.4, -0.2) is 20.0 Å². The quantitative estimate of drug-likeness (QED) is 0.880. The van der Waals surface area contributed by atoms with E-state index >= 15 is 0 Å². The average Bonchev–Trinajstić information content (AvgIpc) is 2.13. The molecule has 16 heavy (non-hydrogen) atoms. The van der Waals surface area contributed by atoms with Gasteiger partial charge in [-0.25, -0.2) is 4.39 Å². The van der Waals surface area contributed by atoms with Gasteiger partial charge in [-0.05, 0) is 18.1 Å². The van der Waals surface area contributed by atoms with Crippen molar-refractivity contribution in [2.75, 3.05) is 19.0 Å². The van der Waals surface area contributed by atoms with E-state index in [4.69, 9.17) is 5.73 Å². The summed E-state index contributed by atoms with van der Waals surface area (Å²) in [5.41, 5.74) is 6.39. The molecule has 2 N–H and O–H groups in total. The second-order valence-corrected chi connectivity index (χ2v) is 3.61. The molecular formula is C11H16ClFN2O. The first-order valence-corrected chi connectivity index (χ1v) is 4.75. The molecule has 3 nitrogen and oxygen atoms in total.